The predicted molar refractivity (Wildman–Crippen MR) is 118 cm³/mol. The summed E-state index contributed by atoms with van der Waals surface area (Å²) < 4.78 is 5.71. The van der Waals surface area contributed by atoms with Gasteiger partial charge in [0.15, 0.2) is 5.96 Å². The van der Waals surface area contributed by atoms with Crippen molar-refractivity contribution in [3.63, 3.8) is 0 Å². The first-order chi connectivity index (χ1) is 14.3. The van der Waals surface area contributed by atoms with E-state index < -0.39 is 0 Å². The minimum Gasteiger partial charge on any atom is -0.468 e. The van der Waals surface area contributed by atoms with Gasteiger partial charge in [-0.1, -0.05) is 18.2 Å². The maximum absolute atomic E-state index is 5.71. The van der Waals surface area contributed by atoms with E-state index >= 15 is 0 Å². The fourth-order valence-corrected chi connectivity index (χ4v) is 4.32. The molecule has 4 rings (SSSR count). The van der Waals surface area contributed by atoms with Crippen LogP contribution in [0.1, 0.15) is 35.9 Å². The predicted octanol–water partition coefficient (Wildman–Crippen LogP) is 3.61. The second kappa shape index (κ2) is 9.18. The molecule has 6 nitrogen and oxygen atoms in total. The summed E-state index contributed by atoms with van der Waals surface area (Å²) in [5.41, 5.74) is 3.81. The molecule has 0 saturated carbocycles. The molecule has 0 spiro atoms. The van der Waals surface area contributed by atoms with Crippen molar-refractivity contribution in [2.24, 2.45) is 4.99 Å². The van der Waals surface area contributed by atoms with E-state index in [-0.39, 0.29) is 6.04 Å². The molecule has 154 valence electrons. The molecule has 3 aromatic rings. The molecule has 3 N–H and O–H groups in total. The Bertz CT molecular complexity index is 937. The standard InChI is InChI=1S/C23H31N5O/c1-17-18(19-8-3-4-9-20(19)27-17)11-12-25-23(24-2)26-16-21(22-10-7-15-29-22)28-13-5-6-14-28/h3-4,7-10,15,21,27H,5-6,11-14,16H2,1-2H3,(H2,24,25,26). The van der Waals surface area contributed by atoms with Crippen LogP contribution in [0.2, 0.25) is 0 Å². The number of H-pyrrole nitrogens is 1. The lowest BCUT2D eigenvalue weighted by Gasteiger charge is -2.26. The van der Waals surface area contributed by atoms with Gasteiger partial charge in [-0.05, 0) is 63.0 Å². The summed E-state index contributed by atoms with van der Waals surface area (Å²) >= 11 is 0. The van der Waals surface area contributed by atoms with Crippen LogP contribution in [0.5, 0.6) is 0 Å². The number of hydrogen-bond donors (Lipinski definition) is 3. The van der Waals surface area contributed by atoms with E-state index in [2.05, 4.69) is 62.8 Å². The molecule has 0 bridgehead atoms. The molecule has 1 atom stereocenters. The number of fused-ring (bicyclic) bond motifs is 1. The van der Waals surface area contributed by atoms with Crippen molar-refractivity contribution in [1.29, 1.82) is 0 Å². The summed E-state index contributed by atoms with van der Waals surface area (Å²) in [6, 6.07) is 12.8. The second-order valence-corrected chi connectivity index (χ2v) is 7.68. The number of furan rings is 1. The summed E-state index contributed by atoms with van der Waals surface area (Å²) in [6.07, 6.45) is 5.22. The summed E-state index contributed by atoms with van der Waals surface area (Å²) in [5, 5.41) is 8.27. The number of nitrogens with one attached hydrogen (secondary N) is 3. The van der Waals surface area contributed by atoms with Crippen molar-refractivity contribution in [2.45, 2.75) is 32.2 Å². The Morgan fingerprint density at radius 1 is 1.17 bits per heavy atom. The SMILES string of the molecule is CN=C(NCCc1c(C)[nH]c2ccccc12)NCC(c1ccco1)N1CCCC1. The van der Waals surface area contributed by atoms with Crippen LogP contribution in [0.25, 0.3) is 10.9 Å². The second-order valence-electron chi connectivity index (χ2n) is 7.68. The lowest BCUT2D eigenvalue weighted by molar-refractivity contribution is 0.215. The largest absolute Gasteiger partial charge is 0.468 e. The Labute approximate surface area is 172 Å². The first-order valence-electron chi connectivity index (χ1n) is 10.5. The third-order valence-electron chi connectivity index (χ3n) is 5.83. The van der Waals surface area contributed by atoms with Gasteiger partial charge in [-0.2, -0.15) is 0 Å². The van der Waals surface area contributed by atoms with E-state index in [9.17, 15) is 0 Å². The summed E-state index contributed by atoms with van der Waals surface area (Å²) in [5.74, 6) is 1.85. The highest BCUT2D eigenvalue weighted by Crippen LogP contribution is 2.25. The van der Waals surface area contributed by atoms with Gasteiger partial charge in [0.2, 0.25) is 0 Å². The third-order valence-corrected chi connectivity index (χ3v) is 5.83. The number of aromatic nitrogens is 1. The number of guanidine groups is 1. The maximum Gasteiger partial charge on any atom is 0.191 e. The molecule has 29 heavy (non-hydrogen) atoms. The Balaban J connectivity index is 1.34. The minimum absolute atomic E-state index is 0.238. The lowest BCUT2D eigenvalue weighted by Crippen LogP contribution is -2.43. The number of hydrogen-bond acceptors (Lipinski definition) is 3. The van der Waals surface area contributed by atoms with Crippen molar-refractivity contribution in [2.75, 3.05) is 33.2 Å². The minimum atomic E-state index is 0.238. The first-order valence-corrected chi connectivity index (χ1v) is 10.5. The van der Waals surface area contributed by atoms with E-state index in [1.807, 2.05) is 13.1 Å². The maximum atomic E-state index is 5.71. The van der Waals surface area contributed by atoms with Gasteiger partial charge >= 0.3 is 0 Å². The quantitative estimate of drug-likeness (QED) is 0.424. The van der Waals surface area contributed by atoms with Crippen molar-refractivity contribution >= 4 is 16.9 Å². The molecular formula is C23H31N5O. The van der Waals surface area contributed by atoms with Crippen LogP contribution in [0.4, 0.5) is 0 Å². The zero-order valence-electron chi connectivity index (χ0n) is 17.4. The van der Waals surface area contributed by atoms with Crippen molar-refractivity contribution in [1.82, 2.24) is 20.5 Å². The molecule has 3 heterocycles. The highest BCUT2D eigenvalue weighted by atomic mass is 16.3. The van der Waals surface area contributed by atoms with Gasteiger partial charge < -0.3 is 20.0 Å². The highest BCUT2D eigenvalue weighted by Gasteiger charge is 2.25. The number of likely N-dealkylation sites (tertiary alicyclic amines) is 1. The van der Waals surface area contributed by atoms with Crippen molar-refractivity contribution < 1.29 is 4.42 Å². The zero-order chi connectivity index (χ0) is 20.1. The summed E-state index contributed by atoms with van der Waals surface area (Å²) in [7, 11) is 1.82. The molecule has 0 aliphatic carbocycles. The topological polar surface area (TPSA) is 68.6 Å². The molecule has 1 fully saturated rings. The average Bonchev–Trinajstić information content (AvgIpc) is 3.49. The third kappa shape index (κ3) is 4.48. The van der Waals surface area contributed by atoms with Gasteiger partial charge in [0.25, 0.3) is 0 Å². The monoisotopic (exact) mass is 393 g/mol. The fourth-order valence-electron chi connectivity index (χ4n) is 4.32. The number of rotatable bonds is 7. The van der Waals surface area contributed by atoms with Crippen LogP contribution >= 0.6 is 0 Å². The first kappa shape index (κ1) is 19.6. The van der Waals surface area contributed by atoms with Crippen molar-refractivity contribution in [3.05, 3.63) is 59.7 Å². The molecule has 0 radical (unpaired) electrons. The van der Waals surface area contributed by atoms with Crippen LogP contribution in [-0.4, -0.2) is 49.1 Å². The summed E-state index contributed by atoms with van der Waals surface area (Å²) in [6.45, 7) is 6.00. The molecule has 1 unspecified atom stereocenters. The molecular weight excluding hydrogens is 362 g/mol. The molecule has 1 aromatic carbocycles. The van der Waals surface area contributed by atoms with Crippen LogP contribution in [0.15, 0.2) is 52.1 Å². The normalized spacial score (nSPS) is 16.4. The lowest BCUT2D eigenvalue weighted by atomic mass is 10.1. The molecule has 1 aliphatic heterocycles. The fraction of sp³-hybridized carbons (Fsp3) is 0.435. The van der Waals surface area contributed by atoms with Crippen LogP contribution < -0.4 is 10.6 Å². The van der Waals surface area contributed by atoms with E-state index in [1.54, 1.807) is 6.26 Å². The number of benzene rings is 1. The van der Waals surface area contributed by atoms with Gasteiger partial charge in [0.05, 0.1) is 12.3 Å². The zero-order valence-corrected chi connectivity index (χ0v) is 17.4. The molecule has 1 aliphatic rings. The Hall–Kier alpha value is -2.73. The number of nitrogens with zero attached hydrogens (tertiary/aromatic N) is 2. The molecule has 6 heteroatoms. The van der Waals surface area contributed by atoms with Gasteiger partial charge in [0, 0.05) is 36.7 Å². The van der Waals surface area contributed by atoms with E-state index in [1.165, 1.54) is 35.0 Å². The van der Waals surface area contributed by atoms with Gasteiger partial charge in [-0.25, -0.2) is 0 Å². The molecule has 2 aromatic heterocycles. The highest BCUT2D eigenvalue weighted by molar-refractivity contribution is 5.84. The van der Waals surface area contributed by atoms with Crippen molar-refractivity contribution in [3.8, 4) is 0 Å². The van der Waals surface area contributed by atoms with Crippen LogP contribution in [-0.2, 0) is 6.42 Å². The Kier molecular flexibility index (Phi) is 6.20. The van der Waals surface area contributed by atoms with E-state index in [0.29, 0.717) is 0 Å². The van der Waals surface area contributed by atoms with Gasteiger partial charge in [-0.15, -0.1) is 0 Å². The number of aromatic amines is 1. The van der Waals surface area contributed by atoms with Gasteiger partial charge in [-0.3, -0.25) is 9.89 Å². The van der Waals surface area contributed by atoms with E-state index in [4.69, 9.17) is 4.42 Å². The number of para-hydroxylation sites is 1. The molecule has 0 amide bonds. The summed E-state index contributed by atoms with van der Waals surface area (Å²) in [4.78, 5) is 10.4. The van der Waals surface area contributed by atoms with Gasteiger partial charge in [0.1, 0.15) is 5.76 Å². The van der Waals surface area contributed by atoms with Crippen LogP contribution in [0.3, 0.4) is 0 Å². The molecule has 1 saturated heterocycles. The average molecular weight is 394 g/mol. The Morgan fingerprint density at radius 3 is 2.76 bits per heavy atom. The number of aryl methyl sites for hydroxylation is 1. The Morgan fingerprint density at radius 2 is 2.00 bits per heavy atom. The van der Waals surface area contributed by atoms with Crippen LogP contribution in [0, 0.1) is 6.92 Å². The number of aliphatic imine (C=N–C) groups is 1. The van der Waals surface area contributed by atoms with E-state index in [0.717, 1.165) is 44.3 Å². The smallest absolute Gasteiger partial charge is 0.191 e.